The van der Waals surface area contributed by atoms with Gasteiger partial charge < -0.3 is 10.5 Å². The molecule has 0 aromatic rings. The molecule has 1 rings (SSSR count). The van der Waals surface area contributed by atoms with E-state index < -0.39 is 0 Å². The van der Waals surface area contributed by atoms with Crippen LogP contribution in [-0.4, -0.2) is 19.3 Å². The van der Waals surface area contributed by atoms with Crippen LogP contribution >= 0.6 is 0 Å². The minimum atomic E-state index is 0.266. The highest BCUT2D eigenvalue weighted by molar-refractivity contribution is 4.88. The fourth-order valence-corrected chi connectivity index (χ4v) is 2.82. The quantitative estimate of drug-likeness (QED) is 0.529. The molecule has 0 aromatic carbocycles. The Balaban J connectivity index is 1.90. The van der Waals surface area contributed by atoms with Gasteiger partial charge in [0.25, 0.3) is 0 Å². The van der Waals surface area contributed by atoms with E-state index >= 15 is 0 Å². The average molecular weight is 255 g/mol. The van der Waals surface area contributed by atoms with Gasteiger partial charge in [-0.3, -0.25) is 0 Å². The summed E-state index contributed by atoms with van der Waals surface area (Å²) in [4.78, 5) is 0. The van der Waals surface area contributed by atoms with Gasteiger partial charge >= 0.3 is 0 Å². The number of hydrogen-bond donors (Lipinski definition) is 1. The molecule has 108 valence electrons. The van der Waals surface area contributed by atoms with Gasteiger partial charge in [0.05, 0.1) is 6.10 Å². The van der Waals surface area contributed by atoms with E-state index in [1.165, 1.54) is 64.2 Å². The second kappa shape index (κ2) is 9.80. The standard InChI is InChI=1S/C16H33NO/c1-3-4-5-6-7-8-9-10-11-15(17)16(18-2)14-12-13-14/h14-16H,3-13,17H2,1-2H3. The molecule has 2 heteroatoms. The number of methoxy groups -OCH3 is 1. The van der Waals surface area contributed by atoms with Crippen LogP contribution in [0.1, 0.15) is 77.6 Å². The lowest BCUT2D eigenvalue weighted by Gasteiger charge is -2.22. The van der Waals surface area contributed by atoms with Crippen LogP contribution < -0.4 is 5.73 Å². The molecule has 0 amide bonds. The van der Waals surface area contributed by atoms with E-state index in [9.17, 15) is 0 Å². The Bertz CT molecular complexity index is 192. The van der Waals surface area contributed by atoms with Crippen molar-refractivity contribution in [1.29, 1.82) is 0 Å². The molecule has 0 spiro atoms. The van der Waals surface area contributed by atoms with Gasteiger partial charge in [0.15, 0.2) is 0 Å². The number of ether oxygens (including phenoxy) is 1. The van der Waals surface area contributed by atoms with Gasteiger partial charge in [-0.25, -0.2) is 0 Å². The second-order valence-corrected chi connectivity index (χ2v) is 5.97. The first-order valence-corrected chi connectivity index (χ1v) is 8.08. The zero-order chi connectivity index (χ0) is 13.2. The molecule has 18 heavy (non-hydrogen) atoms. The molecule has 0 saturated heterocycles. The first kappa shape index (κ1) is 16.0. The van der Waals surface area contributed by atoms with Crippen molar-refractivity contribution in [2.45, 2.75) is 89.7 Å². The van der Waals surface area contributed by atoms with Crippen molar-refractivity contribution in [3.05, 3.63) is 0 Å². The van der Waals surface area contributed by atoms with Crippen LogP contribution in [0.4, 0.5) is 0 Å². The maximum Gasteiger partial charge on any atom is 0.0750 e. The smallest absolute Gasteiger partial charge is 0.0750 e. The van der Waals surface area contributed by atoms with Crippen LogP contribution in [0.2, 0.25) is 0 Å². The summed E-state index contributed by atoms with van der Waals surface area (Å²) in [5, 5.41) is 0. The molecular weight excluding hydrogens is 222 g/mol. The number of nitrogens with two attached hydrogens (primary N) is 1. The molecule has 0 radical (unpaired) electrons. The Morgan fingerprint density at radius 1 is 1.00 bits per heavy atom. The normalized spacial score (nSPS) is 18.8. The molecule has 2 nitrogen and oxygen atoms in total. The van der Waals surface area contributed by atoms with Gasteiger partial charge in [-0.15, -0.1) is 0 Å². The molecule has 1 aliphatic carbocycles. The van der Waals surface area contributed by atoms with E-state index in [1.54, 1.807) is 0 Å². The zero-order valence-corrected chi connectivity index (χ0v) is 12.5. The monoisotopic (exact) mass is 255 g/mol. The van der Waals surface area contributed by atoms with Crippen molar-refractivity contribution < 1.29 is 4.74 Å². The highest BCUT2D eigenvalue weighted by Crippen LogP contribution is 2.36. The van der Waals surface area contributed by atoms with Gasteiger partial charge in [-0.05, 0) is 25.2 Å². The Kier molecular flexibility index (Phi) is 8.70. The summed E-state index contributed by atoms with van der Waals surface area (Å²) in [5.74, 6) is 0.763. The van der Waals surface area contributed by atoms with Gasteiger partial charge in [0.1, 0.15) is 0 Å². The SMILES string of the molecule is CCCCCCCCCCC(N)C(OC)C1CC1. The third-order valence-corrected chi connectivity index (χ3v) is 4.17. The second-order valence-electron chi connectivity index (χ2n) is 5.97. The van der Waals surface area contributed by atoms with E-state index in [1.807, 2.05) is 7.11 Å². The predicted octanol–water partition coefficient (Wildman–Crippen LogP) is 4.27. The molecule has 1 aliphatic rings. The van der Waals surface area contributed by atoms with Gasteiger partial charge in [-0.1, -0.05) is 58.3 Å². The molecule has 0 aromatic heterocycles. The minimum Gasteiger partial charge on any atom is -0.380 e. The van der Waals surface area contributed by atoms with Crippen molar-refractivity contribution >= 4 is 0 Å². The molecule has 0 heterocycles. The van der Waals surface area contributed by atoms with Crippen LogP contribution in [0.5, 0.6) is 0 Å². The maximum absolute atomic E-state index is 6.22. The largest absolute Gasteiger partial charge is 0.380 e. The highest BCUT2D eigenvalue weighted by atomic mass is 16.5. The summed E-state index contributed by atoms with van der Waals surface area (Å²) in [5.41, 5.74) is 6.22. The van der Waals surface area contributed by atoms with Crippen molar-refractivity contribution in [2.75, 3.05) is 7.11 Å². The predicted molar refractivity (Wildman–Crippen MR) is 78.7 cm³/mol. The number of rotatable bonds is 12. The van der Waals surface area contributed by atoms with E-state index in [0.717, 1.165) is 12.3 Å². The van der Waals surface area contributed by atoms with Gasteiger partial charge in [-0.2, -0.15) is 0 Å². The molecule has 0 bridgehead atoms. The topological polar surface area (TPSA) is 35.2 Å². The Morgan fingerprint density at radius 3 is 2.06 bits per heavy atom. The molecule has 2 N–H and O–H groups in total. The van der Waals surface area contributed by atoms with E-state index in [2.05, 4.69) is 6.92 Å². The highest BCUT2D eigenvalue weighted by Gasteiger charge is 2.34. The first-order valence-electron chi connectivity index (χ1n) is 8.08. The average Bonchev–Trinajstić information content (AvgIpc) is 3.18. The Hall–Kier alpha value is -0.0800. The molecule has 0 aliphatic heterocycles. The lowest BCUT2D eigenvalue weighted by Crippen LogP contribution is -2.37. The molecule has 2 atom stereocenters. The summed E-state index contributed by atoms with van der Waals surface area (Å²) in [7, 11) is 1.82. The molecule has 1 saturated carbocycles. The summed E-state index contributed by atoms with van der Waals surface area (Å²) < 4.78 is 5.53. The lowest BCUT2D eigenvalue weighted by atomic mass is 9.99. The Labute approximate surface area is 114 Å². The maximum atomic E-state index is 6.22. The van der Waals surface area contributed by atoms with Crippen LogP contribution in [0, 0.1) is 5.92 Å². The number of hydrogen-bond acceptors (Lipinski definition) is 2. The fraction of sp³-hybridized carbons (Fsp3) is 1.00. The Morgan fingerprint density at radius 2 is 1.56 bits per heavy atom. The minimum absolute atomic E-state index is 0.266. The van der Waals surface area contributed by atoms with Crippen molar-refractivity contribution in [1.82, 2.24) is 0 Å². The summed E-state index contributed by atoms with van der Waals surface area (Å²) in [6.45, 7) is 2.27. The first-order chi connectivity index (χ1) is 8.79. The van der Waals surface area contributed by atoms with Crippen LogP contribution in [0.3, 0.4) is 0 Å². The number of unbranched alkanes of at least 4 members (excludes halogenated alkanes) is 7. The van der Waals surface area contributed by atoms with Crippen molar-refractivity contribution in [3.63, 3.8) is 0 Å². The van der Waals surface area contributed by atoms with Crippen LogP contribution in [-0.2, 0) is 4.74 Å². The molecule has 2 unspecified atom stereocenters. The lowest BCUT2D eigenvalue weighted by molar-refractivity contribution is 0.0595. The summed E-state index contributed by atoms with van der Waals surface area (Å²) >= 11 is 0. The van der Waals surface area contributed by atoms with Crippen LogP contribution in [0.25, 0.3) is 0 Å². The molecule has 1 fully saturated rings. The van der Waals surface area contributed by atoms with Gasteiger partial charge in [0.2, 0.25) is 0 Å². The van der Waals surface area contributed by atoms with Crippen molar-refractivity contribution in [2.24, 2.45) is 11.7 Å². The fourth-order valence-electron chi connectivity index (χ4n) is 2.82. The third-order valence-electron chi connectivity index (χ3n) is 4.17. The van der Waals surface area contributed by atoms with E-state index in [4.69, 9.17) is 10.5 Å². The van der Waals surface area contributed by atoms with E-state index in [0.29, 0.717) is 6.10 Å². The molecular formula is C16H33NO. The third kappa shape index (κ3) is 6.75. The van der Waals surface area contributed by atoms with Crippen molar-refractivity contribution in [3.8, 4) is 0 Å². The van der Waals surface area contributed by atoms with Gasteiger partial charge in [0, 0.05) is 13.2 Å². The summed E-state index contributed by atoms with van der Waals surface area (Å²) in [6, 6.07) is 0.266. The zero-order valence-electron chi connectivity index (χ0n) is 12.5. The summed E-state index contributed by atoms with van der Waals surface area (Å²) in [6.07, 6.45) is 15.1. The van der Waals surface area contributed by atoms with E-state index in [-0.39, 0.29) is 6.04 Å². The van der Waals surface area contributed by atoms with Crippen LogP contribution in [0.15, 0.2) is 0 Å².